The summed E-state index contributed by atoms with van der Waals surface area (Å²) < 4.78 is 6.31. The van der Waals surface area contributed by atoms with E-state index in [-0.39, 0.29) is 5.91 Å². The van der Waals surface area contributed by atoms with Crippen molar-refractivity contribution in [1.29, 1.82) is 0 Å². The number of nitrogens with zero attached hydrogens (tertiary/aromatic N) is 4. The molecule has 1 amide bonds. The van der Waals surface area contributed by atoms with E-state index >= 15 is 0 Å². The van der Waals surface area contributed by atoms with Crippen LogP contribution in [0.2, 0.25) is 0 Å². The molecular formula is C23H27N5O2. The molecule has 30 heavy (non-hydrogen) atoms. The number of ether oxygens (including phenoxy) is 1. The number of amides is 1. The first-order chi connectivity index (χ1) is 14.6. The summed E-state index contributed by atoms with van der Waals surface area (Å²) in [4.78, 5) is 29.5. The SMILES string of the molecule is CN(C)c1ncc2c(n1)C1(CCN(C(=O)Cc3c[nH]c4ccccc34)CC1)OCC2. The Kier molecular flexibility index (Phi) is 4.70. The van der Waals surface area contributed by atoms with Crippen molar-refractivity contribution in [2.45, 2.75) is 31.3 Å². The van der Waals surface area contributed by atoms with Gasteiger partial charge in [0.25, 0.3) is 0 Å². The zero-order valence-electron chi connectivity index (χ0n) is 17.5. The zero-order valence-corrected chi connectivity index (χ0v) is 17.5. The zero-order chi connectivity index (χ0) is 20.7. The first kappa shape index (κ1) is 19.1. The van der Waals surface area contributed by atoms with Gasteiger partial charge in [-0.2, -0.15) is 0 Å². The van der Waals surface area contributed by atoms with Gasteiger partial charge in [0.1, 0.15) is 5.60 Å². The summed E-state index contributed by atoms with van der Waals surface area (Å²) in [7, 11) is 3.90. The molecule has 0 atom stereocenters. The van der Waals surface area contributed by atoms with E-state index in [1.54, 1.807) is 0 Å². The molecule has 1 fully saturated rings. The van der Waals surface area contributed by atoms with E-state index in [1.165, 1.54) is 5.56 Å². The first-order valence-electron chi connectivity index (χ1n) is 10.6. The fraction of sp³-hybridized carbons (Fsp3) is 0.435. The van der Waals surface area contributed by atoms with Crippen molar-refractivity contribution in [1.82, 2.24) is 19.9 Å². The third-order valence-corrected chi connectivity index (χ3v) is 6.37. The molecule has 4 heterocycles. The molecular weight excluding hydrogens is 378 g/mol. The van der Waals surface area contributed by atoms with Crippen molar-refractivity contribution >= 4 is 22.8 Å². The van der Waals surface area contributed by atoms with Gasteiger partial charge in [-0.25, -0.2) is 9.97 Å². The number of carbonyl (C=O) groups is 1. The summed E-state index contributed by atoms with van der Waals surface area (Å²) in [6.07, 6.45) is 6.69. The Bertz CT molecular complexity index is 1080. The largest absolute Gasteiger partial charge is 0.368 e. The van der Waals surface area contributed by atoms with Crippen LogP contribution in [0.4, 0.5) is 5.95 Å². The van der Waals surface area contributed by atoms with Crippen molar-refractivity contribution in [2.75, 3.05) is 38.7 Å². The van der Waals surface area contributed by atoms with Gasteiger partial charge in [-0.3, -0.25) is 4.79 Å². The summed E-state index contributed by atoms with van der Waals surface area (Å²) in [5.74, 6) is 0.874. The number of hydrogen-bond donors (Lipinski definition) is 1. The minimum Gasteiger partial charge on any atom is -0.368 e. The number of carbonyl (C=O) groups excluding carboxylic acids is 1. The minimum absolute atomic E-state index is 0.169. The van der Waals surface area contributed by atoms with Gasteiger partial charge in [0.2, 0.25) is 11.9 Å². The lowest BCUT2D eigenvalue weighted by Crippen LogP contribution is -2.49. The maximum atomic E-state index is 13.0. The van der Waals surface area contributed by atoms with Crippen LogP contribution in [0.25, 0.3) is 10.9 Å². The van der Waals surface area contributed by atoms with Crippen LogP contribution in [-0.2, 0) is 28.0 Å². The average molecular weight is 406 g/mol. The third kappa shape index (κ3) is 3.23. The molecule has 1 N–H and O–H groups in total. The topological polar surface area (TPSA) is 74.4 Å². The van der Waals surface area contributed by atoms with Gasteiger partial charge in [0.05, 0.1) is 18.7 Å². The predicted molar refractivity (Wildman–Crippen MR) is 116 cm³/mol. The van der Waals surface area contributed by atoms with Crippen LogP contribution in [0.5, 0.6) is 0 Å². The number of piperidine rings is 1. The van der Waals surface area contributed by atoms with E-state index in [1.807, 2.05) is 54.5 Å². The van der Waals surface area contributed by atoms with Crippen LogP contribution in [0.15, 0.2) is 36.7 Å². The van der Waals surface area contributed by atoms with Gasteiger partial charge in [0, 0.05) is 50.5 Å². The second-order valence-corrected chi connectivity index (χ2v) is 8.45. The van der Waals surface area contributed by atoms with E-state index in [9.17, 15) is 4.79 Å². The van der Waals surface area contributed by atoms with Crippen molar-refractivity contribution in [2.24, 2.45) is 0 Å². The van der Waals surface area contributed by atoms with E-state index in [4.69, 9.17) is 9.72 Å². The molecule has 1 saturated heterocycles. The van der Waals surface area contributed by atoms with Gasteiger partial charge in [-0.15, -0.1) is 0 Å². The van der Waals surface area contributed by atoms with Crippen LogP contribution < -0.4 is 4.90 Å². The fourth-order valence-electron chi connectivity index (χ4n) is 4.67. The molecule has 1 spiro atoms. The summed E-state index contributed by atoms with van der Waals surface area (Å²) in [6.45, 7) is 2.05. The molecule has 156 valence electrons. The number of anilines is 1. The highest BCUT2D eigenvalue weighted by Crippen LogP contribution is 2.40. The number of benzene rings is 1. The van der Waals surface area contributed by atoms with Gasteiger partial charge in [0.15, 0.2) is 0 Å². The molecule has 2 aliphatic heterocycles. The lowest BCUT2D eigenvalue weighted by molar-refractivity contribution is -0.140. The smallest absolute Gasteiger partial charge is 0.227 e. The van der Waals surface area contributed by atoms with Crippen LogP contribution in [0.1, 0.15) is 29.7 Å². The Balaban J connectivity index is 1.32. The van der Waals surface area contributed by atoms with Crippen LogP contribution in [0, 0.1) is 0 Å². The molecule has 0 radical (unpaired) electrons. The van der Waals surface area contributed by atoms with Gasteiger partial charge in [-0.1, -0.05) is 18.2 Å². The lowest BCUT2D eigenvalue weighted by Gasteiger charge is -2.44. The molecule has 2 aliphatic rings. The average Bonchev–Trinajstić information content (AvgIpc) is 3.17. The standard InChI is InChI=1S/C23H27N5O2/c1-27(2)22-25-14-16-7-12-30-23(21(16)26-22)8-10-28(11-9-23)20(29)13-17-15-24-19-6-4-3-5-18(17)19/h3-6,14-15,24H,7-13H2,1-2H3. The molecule has 0 unspecified atom stereocenters. The summed E-state index contributed by atoms with van der Waals surface area (Å²) in [5.41, 5.74) is 3.90. The molecule has 7 nitrogen and oxygen atoms in total. The number of fused-ring (bicyclic) bond motifs is 3. The molecule has 0 saturated carbocycles. The molecule has 7 heteroatoms. The first-order valence-corrected chi connectivity index (χ1v) is 10.6. The summed E-state index contributed by atoms with van der Waals surface area (Å²) in [5, 5.41) is 1.12. The fourth-order valence-corrected chi connectivity index (χ4v) is 4.67. The summed E-state index contributed by atoms with van der Waals surface area (Å²) in [6, 6.07) is 8.11. The molecule has 3 aromatic rings. The second kappa shape index (κ2) is 7.40. The maximum absolute atomic E-state index is 13.0. The van der Waals surface area contributed by atoms with Gasteiger partial charge >= 0.3 is 0 Å². The number of hydrogen-bond acceptors (Lipinski definition) is 5. The van der Waals surface area contributed by atoms with Crippen molar-refractivity contribution in [3.8, 4) is 0 Å². The van der Waals surface area contributed by atoms with E-state index in [0.717, 1.165) is 41.4 Å². The second-order valence-electron chi connectivity index (χ2n) is 8.45. The highest BCUT2D eigenvalue weighted by molar-refractivity contribution is 5.88. The van der Waals surface area contributed by atoms with E-state index < -0.39 is 5.60 Å². The van der Waals surface area contributed by atoms with Crippen LogP contribution >= 0.6 is 0 Å². The minimum atomic E-state index is -0.404. The van der Waals surface area contributed by atoms with Gasteiger partial charge < -0.3 is 19.5 Å². The number of rotatable bonds is 3. The van der Waals surface area contributed by atoms with Crippen LogP contribution in [-0.4, -0.2) is 59.6 Å². The Hall–Kier alpha value is -2.93. The number of H-pyrrole nitrogens is 1. The Morgan fingerprint density at radius 2 is 2.07 bits per heavy atom. The Labute approximate surface area is 176 Å². The highest BCUT2D eigenvalue weighted by Gasteiger charge is 2.43. The maximum Gasteiger partial charge on any atom is 0.227 e. The van der Waals surface area contributed by atoms with Crippen molar-refractivity contribution in [3.63, 3.8) is 0 Å². The molecule has 1 aromatic carbocycles. The van der Waals surface area contributed by atoms with E-state index in [0.29, 0.717) is 32.1 Å². The molecule has 5 rings (SSSR count). The number of aromatic nitrogens is 3. The van der Waals surface area contributed by atoms with E-state index in [2.05, 4.69) is 16.0 Å². The lowest BCUT2D eigenvalue weighted by atomic mass is 9.83. The van der Waals surface area contributed by atoms with Crippen molar-refractivity contribution in [3.05, 3.63) is 53.5 Å². The van der Waals surface area contributed by atoms with Crippen LogP contribution in [0.3, 0.4) is 0 Å². The normalized spacial score (nSPS) is 17.9. The molecule has 0 aliphatic carbocycles. The Morgan fingerprint density at radius 3 is 2.87 bits per heavy atom. The number of nitrogens with one attached hydrogen (secondary N) is 1. The molecule has 2 aromatic heterocycles. The number of para-hydroxylation sites is 1. The summed E-state index contributed by atoms with van der Waals surface area (Å²) >= 11 is 0. The quantitative estimate of drug-likeness (QED) is 0.725. The third-order valence-electron chi connectivity index (χ3n) is 6.37. The van der Waals surface area contributed by atoms with Crippen molar-refractivity contribution < 1.29 is 9.53 Å². The highest BCUT2D eigenvalue weighted by atomic mass is 16.5. The monoisotopic (exact) mass is 405 g/mol. The van der Waals surface area contributed by atoms with Gasteiger partial charge in [-0.05, 0) is 36.5 Å². The number of aromatic amines is 1. The molecule has 0 bridgehead atoms. The predicted octanol–water partition coefficient (Wildman–Crippen LogP) is 2.66. The Morgan fingerprint density at radius 1 is 1.27 bits per heavy atom. The number of likely N-dealkylation sites (tertiary alicyclic amines) is 1.